The van der Waals surface area contributed by atoms with Gasteiger partial charge in [0.15, 0.2) is 11.6 Å². The van der Waals surface area contributed by atoms with Crippen LogP contribution in [-0.2, 0) is 11.3 Å². The standard InChI is InChI=1S/C25H29N9O2/c1-16-10-21(29-22-12-17(2)31-32-22)30-24(11-16)33-9-6-19(20(35)15-33)25(36)27-14-18-4-5-23(26-13-18)34-8-3-7-28-34/h3-5,7-8,10-13,19-20,35H,6,9,14-15H2,1-2H3,(H,27,36)(H2,29,30,31,32)/t19-,20-/m1/s1. The van der Waals surface area contributed by atoms with Crippen molar-refractivity contribution in [3.8, 4) is 5.82 Å². The summed E-state index contributed by atoms with van der Waals surface area (Å²) in [7, 11) is 0. The number of rotatable bonds is 7. The molecule has 11 nitrogen and oxygen atoms in total. The molecule has 5 heterocycles. The minimum Gasteiger partial charge on any atom is -0.390 e. The Hall–Kier alpha value is -4.25. The Kier molecular flexibility index (Phi) is 6.63. The number of aryl methyl sites for hydroxylation is 2. The predicted molar refractivity (Wildman–Crippen MR) is 135 cm³/mol. The van der Waals surface area contributed by atoms with E-state index in [0.29, 0.717) is 43.5 Å². The largest absolute Gasteiger partial charge is 0.390 e. The number of H-pyrrole nitrogens is 1. The minimum atomic E-state index is -0.799. The van der Waals surface area contributed by atoms with E-state index in [1.807, 2.05) is 61.3 Å². The number of aliphatic hydroxyl groups is 1. The lowest BCUT2D eigenvalue weighted by Gasteiger charge is -2.36. The van der Waals surface area contributed by atoms with Crippen LogP contribution in [0.2, 0.25) is 0 Å². The first-order valence-corrected chi connectivity index (χ1v) is 11.9. The summed E-state index contributed by atoms with van der Waals surface area (Å²) in [4.78, 5) is 23.9. The van der Waals surface area contributed by atoms with Gasteiger partial charge in [0.05, 0.1) is 12.0 Å². The molecule has 0 saturated carbocycles. The second-order valence-corrected chi connectivity index (χ2v) is 9.05. The number of nitrogens with one attached hydrogen (secondary N) is 3. The molecule has 11 heteroatoms. The van der Waals surface area contributed by atoms with Gasteiger partial charge in [0.2, 0.25) is 5.91 Å². The van der Waals surface area contributed by atoms with Gasteiger partial charge in [-0.1, -0.05) is 6.07 Å². The first-order chi connectivity index (χ1) is 17.4. The van der Waals surface area contributed by atoms with Crippen molar-refractivity contribution in [2.45, 2.75) is 32.9 Å². The van der Waals surface area contributed by atoms with Crippen molar-refractivity contribution in [1.29, 1.82) is 0 Å². The molecule has 2 atom stereocenters. The van der Waals surface area contributed by atoms with Gasteiger partial charge in [0.1, 0.15) is 11.6 Å². The molecular weight excluding hydrogens is 458 g/mol. The van der Waals surface area contributed by atoms with Gasteiger partial charge >= 0.3 is 0 Å². The summed E-state index contributed by atoms with van der Waals surface area (Å²) in [6, 6.07) is 11.4. The maximum absolute atomic E-state index is 12.8. The molecule has 1 fully saturated rings. The van der Waals surface area contributed by atoms with Crippen molar-refractivity contribution in [3.63, 3.8) is 0 Å². The normalized spacial score (nSPS) is 17.7. The zero-order chi connectivity index (χ0) is 25.1. The smallest absolute Gasteiger partial charge is 0.226 e. The number of carbonyl (C=O) groups is 1. The highest BCUT2D eigenvalue weighted by Gasteiger charge is 2.33. The summed E-state index contributed by atoms with van der Waals surface area (Å²) >= 11 is 0. The monoisotopic (exact) mass is 487 g/mol. The third kappa shape index (κ3) is 5.36. The topological polar surface area (TPSA) is 137 Å². The van der Waals surface area contributed by atoms with Crippen molar-refractivity contribution in [2.75, 3.05) is 23.3 Å². The number of aromatic nitrogens is 6. The summed E-state index contributed by atoms with van der Waals surface area (Å²) in [5.74, 6) is 2.20. The van der Waals surface area contributed by atoms with Crippen molar-refractivity contribution in [2.24, 2.45) is 5.92 Å². The van der Waals surface area contributed by atoms with E-state index in [0.717, 1.165) is 22.6 Å². The van der Waals surface area contributed by atoms with Crippen LogP contribution >= 0.6 is 0 Å². The van der Waals surface area contributed by atoms with Gasteiger partial charge in [-0.15, -0.1) is 0 Å². The summed E-state index contributed by atoms with van der Waals surface area (Å²) in [5, 5.41) is 28.2. The van der Waals surface area contributed by atoms with Gasteiger partial charge in [0, 0.05) is 50.0 Å². The lowest BCUT2D eigenvalue weighted by Crippen LogP contribution is -2.49. The molecule has 186 valence electrons. The number of carbonyl (C=O) groups excluding carboxylic acids is 1. The fraction of sp³-hybridized carbons (Fsp3) is 0.320. The molecule has 4 aromatic heterocycles. The van der Waals surface area contributed by atoms with Gasteiger partial charge in [-0.2, -0.15) is 10.2 Å². The summed E-state index contributed by atoms with van der Waals surface area (Å²) < 4.78 is 1.67. The number of piperidine rings is 1. The molecule has 1 amide bonds. The van der Waals surface area contributed by atoms with Crippen LogP contribution in [0.5, 0.6) is 0 Å². The van der Waals surface area contributed by atoms with Gasteiger partial charge in [-0.25, -0.2) is 14.6 Å². The summed E-state index contributed by atoms with van der Waals surface area (Å²) in [5.41, 5.74) is 2.87. The van der Waals surface area contributed by atoms with Crippen molar-refractivity contribution >= 4 is 23.4 Å². The molecule has 5 rings (SSSR count). The summed E-state index contributed by atoms with van der Waals surface area (Å²) in [6.45, 7) is 5.23. The number of nitrogens with zero attached hydrogens (tertiary/aromatic N) is 6. The highest BCUT2D eigenvalue weighted by Crippen LogP contribution is 2.26. The number of aromatic amines is 1. The molecule has 1 saturated heterocycles. The average Bonchev–Trinajstić information content (AvgIpc) is 3.54. The highest BCUT2D eigenvalue weighted by molar-refractivity contribution is 5.79. The number of hydrogen-bond donors (Lipinski definition) is 4. The lowest BCUT2D eigenvalue weighted by atomic mass is 9.92. The van der Waals surface area contributed by atoms with E-state index < -0.39 is 12.0 Å². The van der Waals surface area contributed by atoms with Crippen molar-refractivity contribution < 1.29 is 9.90 Å². The third-order valence-corrected chi connectivity index (χ3v) is 6.18. The second kappa shape index (κ2) is 10.2. The van der Waals surface area contributed by atoms with Crippen LogP contribution < -0.4 is 15.5 Å². The number of amides is 1. The van der Waals surface area contributed by atoms with Gasteiger partial charge in [0.25, 0.3) is 0 Å². The molecule has 0 aromatic carbocycles. The number of hydrogen-bond acceptors (Lipinski definition) is 8. The van der Waals surface area contributed by atoms with Gasteiger partial charge < -0.3 is 20.6 Å². The molecule has 0 radical (unpaired) electrons. The Bertz CT molecular complexity index is 1320. The van der Waals surface area contributed by atoms with E-state index in [9.17, 15) is 9.90 Å². The SMILES string of the molecule is Cc1cc(Nc2cc(C)[nH]n2)nc(N2CC[C@@H](C(=O)NCc3ccc(-n4cccn4)nc3)[C@H](O)C2)c1. The fourth-order valence-electron chi connectivity index (χ4n) is 4.32. The fourth-order valence-corrected chi connectivity index (χ4v) is 4.32. The van der Waals surface area contributed by atoms with E-state index in [2.05, 4.69) is 30.9 Å². The predicted octanol–water partition coefficient (Wildman–Crippen LogP) is 2.25. The Labute approximate surface area is 208 Å². The second-order valence-electron chi connectivity index (χ2n) is 9.05. The van der Waals surface area contributed by atoms with Crippen LogP contribution in [0.4, 0.5) is 17.5 Å². The first-order valence-electron chi connectivity index (χ1n) is 11.9. The van der Waals surface area contributed by atoms with Gasteiger partial charge in [-0.3, -0.25) is 9.89 Å². The lowest BCUT2D eigenvalue weighted by molar-refractivity contribution is -0.129. The zero-order valence-electron chi connectivity index (χ0n) is 20.2. The van der Waals surface area contributed by atoms with E-state index in [1.54, 1.807) is 17.1 Å². The Balaban J connectivity index is 1.17. The average molecular weight is 488 g/mol. The Morgan fingerprint density at radius 1 is 1.19 bits per heavy atom. The molecule has 0 bridgehead atoms. The zero-order valence-corrected chi connectivity index (χ0v) is 20.2. The number of β-amino-alcohol motifs (C(OH)–C–C–N with tert-alkyl or cyclic N) is 1. The molecule has 1 aliphatic rings. The van der Waals surface area contributed by atoms with Crippen LogP contribution in [0.1, 0.15) is 23.2 Å². The molecule has 4 aromatic rings. The van der Waals surface area contributed by atoms with E-state index in [4.69, 9.17) is 4.98 Å². The van der Waals surface area contributed by atoms with Crippen LogP contribution in [0.3, 0.4) is 0 Å². The van der Waals surface area contributed by atoms with Crippen LogP contribution in [0.15, 0.2) is 55.0 Å². The van der Waals surface area contributed by atoms with Crippen molar-refractivity contribution in [3.05, 3.63) is 71.8 Å². The first kappa shape index (κ1) is 23.5. The maximum Gasteiger partial charge on any atom is 0.226 e. The summed E-state index contributed by atoms with van der Waals surface area (Å²) in [6.07, 6.45) is 4.96. The maximum atomic E-state index is 12.8. The molecule has 0 aliphatic carbocycles. The Morgan fingerprint density at radius 2 is 2.08 bits per heavy atom. The molecule has 0 spiro atoms. The molecule has 36 heavy (non-hydrogen) atoms. The Morgan fingerprint density at radius 3 is 2.78 bits per heavy atom. The van der Waals surface area contributed by atoms with E-state index in [1.165, 1.54) is 0 Å². The molecule has 0 unspecified atom stereocenters. The quantitative estimate of drug-likeness (QED) is 0.312. The van der Waals surface area contributed by atoms with E-state index >= 15 is 0 Å². The molecule has 1 aliphatic heterocycles. The van der Waals surface area contributed by atoms with Gasteiger partial charge in [-0.05, 0) is 55.7 Å². The molecule has 4 N–H and O–H groups in total. The molecular formula is C25H29N9O2. The third-order valence-electron chi connectivity index (χ3n) is 6.18. The van der Waals surface area contributed by atoms with Crippen LogP contribution in [-0.4, -0.2) is 60.2 Å². The number of aliphatic hydroxyl groups excluding tert-OH is 1. The number of anilines is 3. The van der Waals surface area contributed by atoms with Crippen LogP contribution in [0, 0.1) is 19.8 Å². The van der Waals surface area contributed by atoms with E-state index in [-0.39, 0.29) is 5.91 Å². The van der Waals surface area contributed by atoms with Crippen molar-refractivity contribution in [1.82, 2.24) is 35.3 Å². The van der Waals surface area contributed by atoms with Crippen LogP contribution in [0.25, 0.3) is 5.82 Å². The number of pyridine rings is 2. The minimum absolute atomic E-state index is 0.160. The highest BCUT2D eigenvalue weighted by atomic mass is 16.3.